The van der Waals surface area contributed by atoms with Crippen LogP contribution in [0.25, 0.3) is 0 Å². The SMILES string of the molecule is Cc1cc(C(N)=S)cc(N2CCSC(C)C2)n1. The zero-order valence-corrected chi connectivity index (χ0v) is 11.8. The van der Waals surface area contributed by atoms with E-state index in [9.17, 15) is 0 Å². The van der Waals surface area contributed by atoms with Gasteiger partial charge < -0.3 is 10.6 Å². The van der Waals surface area contributed by atoms with Crippen molar-refractivity contribution >= 4 is 34.8 Å². The molecule has 92 valence electrons. The lowest BCUT2D eigenvalue weighted by Crippen LogP contribution is -2.37. The van der Waals surface area contributed by atoms with E-state index in [0.29, 0.717) is 10.2 Å². The van der Waals surface area contributed by atoms with Gasteiger partial charge in [-0.2, -0.15) is 11.8 Å². The van der Waals surface area contributed by atoms with Crippen LogP contribution in [0.3, 0.4) is 0 Å². The molecule has 3 nitrogen and oxygen atoms in total. The molecule has 1 saturated heterocycles. The van der Waals surface area contributed by atoms with Crippen molar-refractivity contribution in [1.82, 2.24) is 4.98 Å². The largest absolute Gasteiger partial charge is 0.389 e. The van der Waals surface area contributed by atoms with Crippen LogP contribution < -0.4 is 10.6 Å². The zero-order chi connectivity index (χ0) is 12.4. The normalized spacial score (nSPS) is 20.4. The van der Waals surface area contributed by atoms with Crippen molar-refractivity contribution in [2.45, 2.75) is 19.1 Å². The predicted molar refractivity (Wildman–Crippen MR) is 79.0 cm³/mol. The molecule has 17 heavy (non-hydrogen) atoms. The summed E-state index contributed by atoms with van der Waals surface area (Å²) in [6, 6.07) is 3.94. The molecule has 0 amide bonds. The summed E-state index contributed by atoms with van der Waals surface area (Å²) in [4.78, 5) is 7.33. The minimum absolute atomic E-state index is 0.441. The fourth-order valence-electron chi connectivity index (χ4n) is 1.98. The molecule has 1 aliphatic rings. The molecule has 0 aliphatic carbocycles. The molecule has 2 heterocycles. The first-order valence-electron chi connectivity index (χ1n) is 5.71. The van der Waals surface area contributed by atoms with Crippen molar-refractivity contribution in [3.8, 4) is 0 Å². The molecule has 2 rings (SSSR count). The second-order valence-corrected chi connectivity index (χ2v) is 6.33. The molecule has 0 aromatic carbocycles. The molecule has 1 atom stereocenters. The number of thiocarbonyl (C=S) groups is 1. The molecule has 1 aliphatic heterocycles. The third-order valence-electron chi connectivity index (χ3n) is 2.79. The van der Waals surface area contributed by atoms with Crippen LogP contribution in [0, 0.1) is 6.92 Å². The van der Waals surface area contributed by atoms with E-state index in [1.54, 1.807) is 0 Å². The first kappa shape index (κ1) is 12.6. The van der Waals surface area contributed by atoms with Crippen molar-refractivity contribution in [2.75, 3.05) is 23.7 Å². The van der Waals surface area contributed by atoms with Crippen LogP contribution in [0.15, 0.2) is 12.1 Å². The second-order valence-electron chi connectivity index (χ2n) is 4.35. The molecule has 5 heteroatoms. The third-order valence-corrected chi connectivity index (χ3v) is 4.16. The fourth-order valence-corrected chi connectivity index (χ4v) is 3.11. The quantitative estimate of drug-likeness (QED) is 0.830. The third kappa shape index (κ3) is 3.10. The number of hydrogen-bond donors (Lipinski definition) is 1. The summed E-state index contributed by atoms with van der Waals surface area (Å²) in [5.74, 6) is 2.15. The summed E-state index contributed by atoms with van der Waals surface area (Å²) in [6.45, 7) is 6.31. The summed E-state index contributed by atoms with van der Waals surface area (Å²) >= 11 is 7.04. The van der Waals surface area contributed by atoms with Gasteiger partial charge in [-0.1, -0.05) is 19.1 Å². The van der Waals surface area contributed by atoms with E-state index >= 15 is 0 Å². The lowest BCUT2D eigenvalue weighted by molar-refractivity contribution is 0.768. The Kier molecular flexibility index (Phi) is 3.89. The fraction of sp³-hybridized carbons (Fsp3) is 0.500. The Hall–Kier alpha value is -0.810. The number of rotatable bonds is 2. The summed E-state index contributed by atoms with van der Waals surface area (Å²) in [7, 11) is 0. The van der Waals surface area contributed by atoms with Gasteiger partial charge in [-0.05, 0) is 19.1 Å². The van der Waals surface area contributed by atoms with Gasteiger partial charge in [0, 0.05) is 35.3 Å². The van der Waals surface area contributed by atoms with Gasteiger partial charge in [-0.15, -0.1) is 0 Å². The summed E-state index contributed by atoms with van der Waals surface area (Å²) in [5, 5.41) is 0.652. The van der Waals surface area contributed by atoms with Gasteiger partial charge in [0.1, 0.15) is 10.8 Å². The number of hydrogen-bond acceptors (Lipinski definition) is 4. The van der Waals surface area contributed by atoms with Crippen molar-refractivity contribution in [3.63, 3.8) is 0 Å². The number of anilines is 1. The van der Waals surface area contributed by atoms with E-state index in [1.165, 1.54) is 0 Å². The van der Waals surface area contributed by atoms with Crippen LogP contribution >= 0.6 is 24.0 Å². The number of thioether (sulfide) groups is 1. The first-order valence-corrected chi connectivity index (χ1v) is 7.17. The molecule has 0 spiro atoms. The summed E-state index contributed by atoms with van der Waals surface area (Å²) in [5.41, 5.74) is 7.57. The Labute approximate surface area is 112 Å². The Bertz CT molecular complexity index is 434. The van der Waals surface area contributed by atoms with Crippen molar-refractivity contribution < 1.29 is 0 Å². The molecular weight excluding hydrogens is 250 g/mol. The highest BCUT2D eigenvalue weighted by Gasteiger charge is 2.18. The highest BCUT2D eigenvalue weighted by atomic mass is 32.2. The molecule has 1 fully saturated rings. The van der Waals surface area contributed by atoms with Gasteiger partial charge in [-0.25, -0.2) is 4.98 Å². The molecule has 0 radical (unpaired) electrons. The topological polar surface area (TPSA) is 42.1 Å². The number of nitrogens with two attached hydrogens (primary N) is 1. The molecule has 1 aromatic rings. The van der Waals surface area contributed by atoms with Crippen LogP contribution in [0.1, 0.15) is 18.2 Å². The number of aromatic nitrogens is 1. The van der Waals surface area contributed by atoms with Gasteiger partial charge in [0.05, 0.1) is 0 Å². The van der Waals surface area contributed by atoms with Gasteiger partial charge in [0.2, 0.25) is 0 Å². The summed E-state index contributed by atoms with van der Waals surface area (Å²) in [6.07, 6.45) is 0. The molecule has 1 unspecified atom stereocenters. The molecular formula is C12H17N3S2. The Morgan fingerprint density at radius 2 is 2.35 bits per heavy atom. The first-order chi connectivity index (χ1) is 8.06. The van der Waals surface area contributed by atoms with E-state index in [-0.39, 0.29) is 0 Å². The monoisotopic (exact) mass is 267 g/mol. The lowest BCUT2D eigenvalue weighted by Gasteiger charge is -2.31. The molecule has 0 saturated carbocycles. The smallest absolute Gasteiger partial charge is 0.129 e. The second kappa shape index (κ2) is 5.23. The maximum atomic E-state index is 5.69. The van der Waals surface area contributed by atoms with Crippen LogP contribution in [-0.2, 0) is 0 Å². The van der Waals surface area contributed by atoms with Crippen LogP contribution in [0.5, 0.6) is 0 Å². The van der Waals surface area contributed by atoms with E-state index in [0.717, 1.165) is 35.9 Å². The van der Waals surface area contributed by atoms with Crippen LogP contribution in [-0.4, -0.2) is 34.1 Å². The van der Waals surface area contributed by atoms with Crippen LogP contribution in [0.2, 0.25) is 0 Å². The van der Waals surface area contributed by atoms with E-state index < -0.39 is 0 Å². The minimum atomic E-state index is 0.441. The maximum absolute atomic E-state index is 5.69. The van der Waals surface area contributed by atoms with Gasteiger partial charge in [-0.3, -0.25) is 0 Å². The highest BCUT2D eigenvalue weighted by molar-refractivity contribution is 8.00. The number of nitrogens with zero attached hydrogens (tertiary/aromatic N) is 2. The van der Waals surface area contributed by atoms with Gasteiger partial charge >= 0.3 is 0 Å². The molecule has 2 N–H and O–H groups in total. The molecule has 0 bridgehead atoms. The molecule has 1 aromatic heterocycles. The number of aryl methyl sites for hydroxylation is 1. The van der Waals surface area contributed by atoms with Gasteiger partial charge in [0.25, 0.3) is 0 Å². The Balaban J connectivity index is 2.28. The van der Waals surface area contributed by atoms with Crippen molar-refractivity contribution in [2.24, 2.45) is 5.73 Å². The number of pyridine rings is 1. The predicted octanol–water partition coefficient (Wildman–Crippen LogP) is 1.97. The zero-order valence-electron chi connectivity index (χ0n) is 10.1. The van der Waals surface area contributed by atoms with Gasteiger partial charge in [0.15, 0.2) is 0 Å². The van der Waals surface area contributed by atoms with E-state index in [1.807, 2.05) is 30.8 Å². The standard InChI is InChI=1S/C12H17N3S2/c1-8-5-10(12(13)16)6-11(14-8)15-3-4-17-9(2)7-15/h5-6,9H,3-4,7H2,1-2H3,(H2,13,16). The minimum Gasteiger partial charge on any atom is -0.389 e. The lowest BCUT2D eigenvalue weighted by atomic mass is 10.2. The van der Waals surface area contributed by atoms with E-state index in [4.69, 9.17) is 18.0 Å². The highest BCUT2D eigenvalue weighted by Crippen LogP contribution is 2.23. The summed E-state index contributed by atoms with van der Waals surface area (Å²) < 4.78 is 0. The van der Waals surface area contributed by atoms with Crippen molar-refractivity contribution in [3.05, 3.63) is 23.4 Å². The Morgan fingerprint density at radius 1 is 1.59 bits per heavy atom. The average Bonchev–Trinajstić information content (AvgIpc) is 2.28. The maximum Gasteiger partial charge on any atom is 0.129 e. The van der Waals surface area contributed by atoms with E-state index in [2.05, 4.69) is 16.8 Å². The van der Waals surface area contributed by atoms with Crippen LogP contribution in [0.4, 0.5) is 5.82 Å². The Morgan fingerprint density at radius 3 is 3.00 bits per heavy atom. The van der Waals surface area contributed by atoms with Crippen molar-refractivity contribution in [1.29, 1.82) is 0 Å². The average molecular weight is 267 g/mol.